The van der Waals surface area contributed by atoms with Gasteiger partial charge >= 0.3 is 0 Å². The number of hydrogen-bond donors (Lipinski definition) is 0. The number of nitrogens with zero attached hydrogens (tertiary/aromatic N) is 2. The summed E-state index contributed by atoms with van der Waals surface area (Å²) in [6, 6.07) is 44.1. The summed E-state index contributed by atoms with van der Waals surface area (Å²) in [7, 11) is 0. The van der Waals surface area contributed by atoms with Gasteiger partial charge in [0.05, 0.1) is 37.5 Å². The van der Waals surface area contributed by atoms with E-state index in [0.29, 0.717) is 13.2 Å². The van der Waals surface area contributed by atoms with Gasteiger partial charge in [-0.2, -0.15) is 0 Å². The molecule has 0 saturated carbocycles. The molecule has 4 heteroatoms. The summed E-state index contributed by atoms with van der Waals surface area (Å²) in [6.07, 6.45) is 2.27. The third-order valence-electron chi connectivity index (χ3n) is 9.39. The molecule has 2 heterocycles. The second-order valence-electron chi connectivity index (χ2n) is 11.9. The zero-order valence-corrected chi connectivity index (χ0v) is 25.0. The average Bonchev–Trinajstić information content (AvgIpc) is 3.67. The van der Waals surface area contributed by atoms with Crippen LogP contribution < -0.4 is 0 Å². The Morgan fingerprint density at radius 2 is 0.857 bits per heavy atom. The lowest BCUT2D eigenvalue weighted by atomic mass is 9.94. The van der Waals surface area contributed by atoms with Gasteiger partial charge in [0, 0.05) is 25.2 Å². The van der Waals surface area contributed by atoms with Crippen LogP contribution >= 0.6 is 0 Å². The minimum Gasteiger partial charge on any atom is -0.372 e. The smallest absolute Gasteiger partial charge is 0.0763 e. The molecule has 2 aliphatic heterocycles. The van der Waals surface area contributed by atoms with E-state index in [9.17, 15) is 0 Å². The molecule has 6 rings (SSSR count). The van der Waals surface area contributed by atoms with Crippen molar-refractivity contribution in [2.75, 3.05) is 13.1 Å². The molecule has 2 fully saturated rings. The van der Waals surface area contributed by atoms with Gasteiger partial charge in [-0.05, 0) is 48.9 Å². The van der Waals surface area contributed by atoms with Gasteiger partial charge in [0.1, 0.15) is 0 Å². The molecule has 4 aromatic rings. The van der Waals surface area contributed by atoms with E-state index in [2.05, 4.69) is 145 Å². The summed E-state index contributed by atoms with van der Waals surface area (Å²) in [4.78, 5) is 5.43. The van der Waals surface area contributed by atoms with Gasteiger partial charge in [0.2, 0.25) is 0 Å². The van der Waals surface area contributed by atoms with E-state index in [4.69, 9.17) is 9.47 Å². The van der Waals surface area contributed by atoms with Crippen molar-refractivity contribution in [1.29, 1.82) is 0 Å². The molecule has 0 spiro atoms. The number of likely N-dealkylation sites (tertiary alicyclic amines) is 2. The fraction of sp³-hybridized carbons (Fsp3) is 0.368. The highest BCUT2D eigenvalue weighted by molar-refractivity contribution is 5.23. The van der Waals surface area contributed by atoms with Gasteiger partial charge in [-0.1, -0.05) is 121 Å². The van der Waals surface area contributed by atoms with Crippen LogP contribution in [0.4, 0.5) is 0 Å². The van der Waals surface area contributed by atoms with Crippen molar-refractivity contribution in [1.82, 2.24) is 9.80 Å². The second-order valence-corrected chi connectivity index (χ2v) is 11.9. The van der Waals surface area contributed by atoms with Crippen LogP contribution in [0.2, 0.25) is 0 Å². The molecule has 4 nitrogen and oxygen atoms in total. The fourth-order valence-corrected chi connectivity index (χ4v) is 7.12. The lowest BCUT2D eigenvalue weighted by Crippen LogP contribution is -2.56. The summed E-state index contributed by atoms with van der Waals surface area (Å²) < 4.78 is 13.7. The van der Waals surface area contributed by atoms with Crippen molar-refractivity contribution in [2.24, 2.45) is 0 Å². The van der Waals surface area contributed by atoms with Crippen LogP contribution in [0.3, 0.4) is 0 Å². The van der Waals surface area contributed by atoms with E-state index in [0.717, 1.165) is 25.9 Å². The van der Waals surface area contributed by atoms with Crippen molar-refractivity contribution >= 4 is 0 Å². The summed E-state index contributed by atoms with van der Waals surface area (Å²) >= 11 is 0. The lowest BCUT2D eigenvalue weighted by Gasteiger charge is -2.44. The fourth-order valence-electron chi connectivity index (χ4n) is 7.12. The first kappa shape index (κ1) is 28.8. The molecule has 4 aromatic carbocycles. The second kappa shape index (κ2) is 13.8. The predicted octanol–water partition coefficient (Wildman–Crippen LogP) is 7.83. The Bertz CT molecular complexity index is 1240. The number of rotatable bonds is 11. The molecule has 0 aliphatic carbocycles. The van der Waals surface area contributed by atoms with Gasteiger partial charge < -0.3 is 9.47 Å². The topological polar surface area (TPSA) is 24.9 Å². The summed E-state index contributed by atoms with van der Waals surface area (Å²) in [5.74, 6) is 0. The highest BCUT2D eigenvalue weighted by Gasteiger charge is 2.51. The first-order valence-electron chi connectivity index (χ1n) is 15.6. The van der Waals surface area contributed by atoms with Crippen molar-refractivity contribution < 1.29 is 9.47 Å². The predicted molar refractivity (Wildman–Crippen MR) is 170 cm³/mol. The maximum absolute atomic E-state index is 6.85. The zero-order chi connectivity index (χ0) is 28.7. The standard InChI is InChI=1S/C38H44N2O2/c1-29(33-19-11-5-12-20-33)39-25-23-35(41-27-31-15-7-3-8-16-31)37(39)38-36(42-28-32-17-9-4-10-18-32)24-26-40(38)30(2)34-21-13-6-14-22-34/h3-22,29-30,35-38H,23-28H2,1-2H3/t29-,30-,35+,36+,37?,38?/m0/s1. The van der Waals surface area contributed by atoms with Crippen LogP contribution in [0.5, 0.6) is 0 Å². The Morgan fingerprint density at radius 3 is 1.21 bits per heavy atom. The van der Waals surface area contributed by atoms with Crippen molar-refractivity contribution in [3.05, 3.63) is 144 Å². The van der Waals surface area contributed by atoms with Crippen LogP contribution in [-0.2, 0) is 22.7 Å². The summed E-state index contributed by atoms with van der Waals surface area (Å²) in [5.41, 5.74) is 5.16. The molecule has 42 heavy (non-hydrogen) atoms. The van der Waals surface area contributed by atoms with E-state index in [-0.39, 0.29) is 36.4 Å². The molecule has 0 N–H and O–H groups in total. The Hall–Kier alpha value is -3.28. The largest absolute Gasteiger partial charge is 0.372 e. The van der Waals surface area contributed by atoms with Gasteiger partial charge in [-0.3, -0.25) is 9.80 Å². The molecule has 6 atom stereocenters. The van der Waals surface area contributed by atoms with Crippen LogP contribution in [-0.4, -0.2) is 47.2 Å². The van der Waals surface area contributed by atoms with E-state index in [1.807, 2.05) is 0 Å². The van der Waals surface area contributed by atoms with E-state index < -0.39 is 0 Å². The summed E-state index contributed by atoms with van der Waals surface area (Å²) in [6.45, 7) is 8.01. The van der Waals surface area contributed by atoms with Gasteiger partial charge in [0.15, 0.2) is 0 Å². The highest BCUT2D eigenvalue weighted by Crippen LogP contribution is 2.41. The SMILES string of the molecule is C[C@@H](c1ccccc1)N1CC[C@@H](OCc2ccccc2)C1C1[C@H](OCc2ccccc2)CCN1[C@@H](C)c1ccccc1. The maximum Gasteiger partial charge on any atom is 0.0763 e. The Balaban J connectivity index is 1.34. The van der Waals surface area contributed by atoms with E-state index >= 15 is 0 Å². The molecule has 218 valence electrons. The van der Waals surface area contributed by atoms with Crippen molar-refractivity contribution in [3.8, 4) is 0 Å². The van der Waals surface area contributed by atoms with Crippen LogP contribution in [0.15, 0.2) is 121 Å². The van der Waals surface area contributed by atoms with Crippen LogP contribution in [0.1, 0.15) is 61.0 Å². The monoisotopic (exact) mass is 560 g/mol. The van der Waals surface area contributed by atoms with E-state index in [1.165, 1.54) is 22.3 Å². The first-order valence-corrected chi connectivity index (χ1v) is 15.6. The highest BCUT2D eigenvalue weighted by atomic mass is 16.5. The lowest BCUT2D eigenvalue weighted by molar-refractivity contribution is -0.0655. The minimum atomic E-state index is 0.118. The molecule has 2 saturated heterocycles. The van der Waals surface area contributed by atoms with Crippen LogP contribution in [0.25, 0.3) is 0 Å². The minimum absolute atomic E-state index is 0.118. The molecular formula is C38H44N2O2. The number of benzene rings is 4. The van der Waals surface area contributed by atoms with Crippen LogP contribution in [0, 0.1) is 0 Å². The molecule has 0 amide bonds. The molecule has 2 aliphatic rings. The van der Waals surface area contributed by atoms with Gasteiger partial charge in [-0.25, -0.2) is 0 Å². The molecule has 0 radical (unpaired) electrons. The van der Waals surface area contributed by atoms with Crippen molar-refractivity contribution in [2.45, 2.75) is 76.3 Å². The maximum atomic E-state index is 6.85. The normalized spacial score (nSPS) is 24.5. The number of hydrogen-bond acceptors (Lipinski definition) is 4. The van der Waals surface area contributed by atoms with E-state index in [1.54, 1.807) is 0 Å². The Kier molecular flexibility index (Phi) is 9.47. The van der Waals surface area contributed by atoms with Gasteiger partial charge in [0.25, 0.3) is 0 Å². The first-order chi connectivity index (χ1) is 20.7. The van der Waals surface area contributed by atoms with Gasteiger partial charge in [-0.15, -0.1) is 0 Å². The number of ether oxygens (including phenoxy) is 2. The molecular weight excluding hydrogens is 516 g/mol. The third kappa shape index (κ3) is 6.53. The quantitative estimate of drug-likeness (QED) is 0.187. The molecule has 0 bridgehead atoms. The molecule has 2 unspecified atom stereocenters. The van der Waals surface area contributed by atoms with Crippen molar-refractivity contribution in [3.63, 3.8) is 0 Å². The zero-order valence-electron chi connectivity index (χ0n) is 25.0. The molecule has 0 aromatic heterocycles. The average molecular weight is 561 g/mol. The third-order valence-corrected chi connectivity index (χ3v) is 9.39. The summed E-state index contributed by atoms with van der Waals surface area (Å²) in [5, 5.41) is 0. The Labute approximate surface area is 251 Å². The Morgan fingerprint density at radius 1 is 0.524 bits per heavy atom.